The fourth-order valence-corrected chi connectivity index (χ4v) is 2.79. The highest BCUT2D eigenvalue weighted by Gasteiger charge is 2.38. The van der Waals surface area contributed by atoms with Gasteiger partial charge in [-0.3, -0.25) is 4.98 Å². The van der Waals surface area contributed by atoms with Gasteiger partial charge in [0.25, 0.3) is 0 Å². The summed E-state index contributed by atoms with van der Waals surface area (Å²) in [6.45, 7) is 1.13. The van der Waals surface area contributed by atoms with Crippen molar-refractivity contribution in [2.45, 2.75) is 25.3 Å². The van der Waals surface area contributed by atoms with Crippen molar-refractivity contribution in [3.63, 3.8) is 0 Å². The van der Waals surface area contributed by atoms with Crippen molar-refractivity contribution in [2.75, 3.05) is 18.0 Å². The quantitative estimate of drug-likeness (QED) is 0.830. The SMILES string of the molecule is FC(F)(F)c1cc(Cl)cnc1N1CCC(OCc2ccccn2)C1. The van der Waals surface area contributed by atoms with Crippen molar-refractivity contribution in [2.24, 2.45) is 0 Å². The van der Waals surface area contributed by atoms with Gasteiger partial charge in [-0.25, -0.2) is 4.98 Å². The van der Waals surface area contributed by atoms with Crippen LogP contribution in [-0.4, -0.2) is 29.2 Å². The Bertz CT molecular complexity index is 697. The Morgan fingerprint density at radius 3 is 2.83 bits per heavy atom. The Labute approximate surface area is 142 Å². The van der Waals surface area contributed by atoms with Crippen LogP contribution in [0.1, 0.15) is 17.7 Å². The second-order valence-corrected chi connectivity index (χ2v) is 5.95. The van der Waals surface area contributed by atoms with Gasteiger partial charge in [0.2, 0.25) is 0 Å². The summed E-state index contributed by atoms with van der Waals surface area (Å²) in [5, 5.41) is -0.0341. The summed E-state index contributed by atoms with van der Waals surface area (Å²) in [7, 11) is 0. The molecule has 3 rings (SSSR count). The molecule has 0 saturated carbocycles. The number of rotatable bonds is 4. The van der Waals surface area contributed by atoms with E-state index in [1.165, 1.54) is 6.20 Å². The molecule has 1 unspecified atom stereocenters. The Morgan fingerprint density at radius 1 is 1.29 bits per heavy atom. The molecule has 1 aliphatic rings. The maximum Gasteiger partial charge on any atom is 0.420 e. The zero-order valence-corrected chi connectivity index (χ0v) is 13.4. The molecule has 0 aliphatic carbocycles. The average Bonchev–Trinajstić information content (AvgIpc) is 3.02. The lowest BCUT2D eigenvalue weighted by atomic mass is 10.2. The maximum atomic E-state index is 13.2. The molecule has 1 saturated heterocycles. The minimum absolute atomic E-state index is 0.0341. The molecular weight excluding hydrogens is 343 g/mol. The molecule has 1 aliphatic heterocycles. The minimum atomic E-state index is -4.50. The van der Waals surface area contributed by atoms with Crippen LogP contribution in [0.5, 0.6) is 0 Å². The highest BCUT2D eigenvalue weighted by molar-refractivity contribution is 6.30. The number of anilines is 1. The lowest BCUT2D eigenvalue weighted by molar-refractivity contribution is -0.137. The Balaban J connectivity index is 1.68. The molecule has 0 spiro atoms. The highest BCUT2D eigenvalue weighted by atomic mass is 35.5. The van der Waals surface area contributed by atoms with Crippen molar-refractivity contribution in [3.8, 4) is 0 Å². The molecule has 24 heavy (non-hydrogen) atoms. The molecule has 0 bridgehead atoms. The van der Waals surface area contributed by atoms with E-state index in [1.807, 2.05) is 18.2 Å². The summed E-state index contributed by atoms with van der Waals surface area (Å²) >= 11 is 5.66. The normalized spacial score (nSPS) is 18.2. The van der Waals surface area contributed by atoms with E-state index in [4.69, 9.17) is 16.3 Å². The number of aromatic nitrogens is 2. The summed E-state index contributed by atoms with van der Waals surface area (Å²) in [5.74, 6) is -0.101. The lowest BCUT2D eigenvalue weighted by Gasteiger charge is -2.22. The monoisotopic (exact) mass is 357 g/mol. The molecule has 128 valence electrons. The number of alkyl halides is 3. The zero-order valence-electron chi connectivity index (χ0n) is 12.6. The Hall–Kier alpha value is -1.86. The Kier molecular flexibility index (Phi) is 4.91. The van der Waals surface area contributed by atoms with Crippen LogP contribution in [0.25, 0.3) is 0 Å². The number of hydrogen-bond acceptors (Lipinski definition) is 4. The van der Waals surface area contributed by atoms with Crippen LogP contribution >= 0.6 is 11.6 Å². The van der Waals surface area contributed by atoms with Crippen LogP contribution in [0.4, 0.5) is 19.0 Å². The van der Waals surface area contributed by atoms with Gasteiger partial charge in [-0.05, 0) is 24.6 Å². The van der Waals surface area contributed by atoms with Gasteiger partial charge in [-0.1, -0.05) is 17.7 Å². The molecule has 4 nitrogen and oxygen atoms in total. The number of halogens is 4. The van der Waals surface area contributed by atoms with Crippen LogP contribution < -0.4 is 4.90 Å². The van der Waals surface area contributed by atoms with Gasteiger partial charge in [0.05, 0.1) is 29.0 Å². The second kappa shape index (κ2) is 6.94. The first-order valence-corrected chi connectivity index (χ1v) is 7.80. The second-order valence-electron chi connectivity index (χ2n) is 5.51. The number of ether oxygens (including phenoxy) is 1. The van der Waals surface area contributed by atoms with E-state index in [0.29, 0.717) is 26.1 Å². The van der Waals surface area contributed by atoms with Gasteiger partial charge < -0.3 is 9.64 Å². The van der Waals surface area contributed by atoms with Crippen LogP contribution in [-0.2, 0) is 17.5 Å². The summed E-state index contributed by atoms with van der Waals surface area (Å²) in [6.07, 6.45) is -1.12. The molecule has 0 aromatic carbocycles. The van der Waals surface area contributed by atoms with Crippen molar-refractivity contribution in [1.29, 1.82) is 0 Å². The van der Waals surface area contributed by atoms with Gasteiger partial charge in [-0.15, -0.1) is 0 Å². The molecule has 2 aromatic heterocycles. The van der Waals surface area contributed by atoms with Gasteiger partial charge >= 0.3 is 6.18 Å². The molecule has 8 heteroatoms. The number of nitrogens with zero attached hydrogens (tertiary/aromatic N) is 3. The third-order valence-corrected chi connectivity index (χ3v) is 3.98. The van der Waals surface area contributed by atoms with Gasteiger partial charge in [0.15, 0.2) is 0 Å². The van der Waals surface area contributed by atoms with Crippen molar-refractivity contribution in [3.05, 3.63) is 52.9 Å². The van der Waals surface area contributed by atoms with Gasteiger partial charge in [-0.2, -0.15) is 13.2 Å². The van der Waals surface area contributed by atoms with Crippen LogP contribution in [0.2, 0.25) is 5.02 Å². The highest BCUT2D eigenvalue weighted by Crippen LogP contribution is 2.37. The topological polar surface area (TPSA) is 38.2 Å². The van der Waals surface area contributed by atoms with E-state index in [1.54, 1.807) is 11.1 Å². The summed E-state index contributed by atoms with van der Waals surface area (Å²) in [5.41, 5.74) is -0.0306. The van der Waals surface area contributed by atoms with E-state index in [0.717, 1.165) is 11.8 Å². The fourth-order valence-electron chi connectivity index (χ4n) is 2.64. The van der Waals surface area contributed by atoms with Gasteiger partial charge in [0.1, 0.15) is 5.82 Å². The molecule has 3 heterocycles. The molecule has 0 amide bonds. The first-order valence-electron chi connectivity index (χ1n) is 7.42. The van der Waals surface area contributed by atoms with Crippen LogP contribution in [0.3, 0.4) is 0 Å². The standard InChI is InChI=1S/C16H15ClF3N3O/c17-11-7-14(16(18,19)20)15(22-8-11)23-6-4-13(9-23)24-10-12-3-1-2-5-21-12/h1-3,5,7-8,13H,4,6,9-10H2. The van der Waals surface area contributed by atoms with Crippen molar-refractivity contribution in [1.82, 2.24) is 9.97 Å². The fraction of sp³-hybridized carbons (Fsp3) is 0.375. The average molecular weight is 358 g/mol. The third kappa shape index (κ3) is 3.96. The predicted molar refractivity (Wildman–Crippen MR) is 83.9 cm³/mol. The largest absolute Gasteiger partial charge is 0.420 e. The smallest absolute Gasteiger partial charge is 0.370 e. The zero-order chi connectivity index (χ0) is 17.2. The van der Waals surface area contributed by atoms with E-state index in [2.05, 4.69) is 9.97 Å². The molecular formula is C16H15ClF3N3O. The number of pyridine rings is 2. The summed E-state index contributed by atoms with van der Waals surface area (Å²) in [6, 6.07) is 6.42. The van der Waals surface area contributed by atoms with E-state index in [-0.39, 0.29) is 16.9 Å². The molecule has 1 fully saturated rings. The van der Waals surface area contributed by atoms with Crippen molar-refractivity contribution >= 4 is 17.4 Å². The molecule has 0 radical (unpaired) electrons. The lowest BCUT2D eigenvalue weighted by Crippen LogP contribution is -2.26. The number of hydrogen-bond donors (Lipinski definition) is 0. The first kappa shape index (κ1) is 17.0. The van der Waals surface area contributed by atoms with E-state index in [9.17, 15) is 13.2 Å². The molecule has 2 aromatic rings. The maximum absolute atomic E-state index is 13.2. The van der Waals surface area contributed by atoms with Crippen LogP contribution in [0, 0.1) is 0 Å². The molecule has 1 atom stereocenters. The minimum Gasteiger partial charge on any atom is -0.370 e. The summed E-state index contributed by atoms with van der Waals surface area (Å²) < 4.78 is 45.3. The van der Waals surface area contributed by atoms with E-state index < -0.39 is 11.7 Å². The molecule has 0 N–H and O–H groups in total. The predicted octanol–water partition coefficient (Wildman–Crippen LogP) is 3.94. The summed E-state index contributed by atoms with van der Waals surface area (Å²) in [4.78, 5) is 9.63. The third-order valence-electron chi connectivity index (χ3n) is 3.78. The van der Waals surface area contributed by atoms with E-state index >= 15 is 0 Å². The van der Waals surface area contributed by atoms with Gasteiger partial charge in [0, 0.05) is 25.5 Å². The first-order chi connectivity index (χ1) is 11.4. The van der Waals surface area contributed by atoms with Crippen molar-refractivity contribution < 1.29 is 17.9 Å². The Morgan fingerprint density at radius 2 is 2.12 bits per heavy atom. The van der Waals surface area contributed by atoms with Crippen LogP contribution in [0.15, 0.2) is 36.7 Å².